The van der Waals surface area contributed by atoms with Gasteiger partial charge in [0.05, 0.1) is 9.92 Å². The normalized spacial score (nSPS) is 12.5. The van der Waals surface area contributed by atoms with Crippen molar-refractivity contribution in [1.82, 2.24) is 0 Å². The number of hydrogen-bond acceptors (Lipinski definition) is 3. The Kier molecular flexibility index (Phi) is 4.47. The molecule has 0 aromatic heterocycles. The smallest absolute Gasteiger partial charge is 0.187 e. The molecule has 100 valence electrons. The van der Waals surface area contributed by atoms with Crippen LogP contribution in [0.15, 0.2) is 23.1 Å². The third kappa shape index (κ3) is 3.70. The van der Waals surface area contributed by atoms with Crippen molar-refractivity contribution >= 4 is 38.8 Å². The zero-order valence-electron chi connectivity index (χ0n) is 10.3. The monoisotopic (exact) mass is 308 g/mol. The van der Waals surface area contributed by atoms with Crippen LogP contribution in [0.25, 0.3) is 0 Å². The first-order valence-electron chi connectivity index (χ1n) is 5.25. The van der Waals surface area contributed by atoms with Gasteiger partial charge in [-0.05, 0) is 18.2 Å². The lowest BCUT2D eigenvalue weighted by atomic mass is 9.92. The molecule has 0 N–H and O–H groups in total. The summed E-state index contributed by atoms with van der Waals surface area (Å²) in [7, 11) is -3.76. The van der Waals surface area contributed by atoms with E-state index in [-0.39, 0.29) is 20.7 Å². The molecule has 1 aromatic carbocycles. The minimum atomic E-state index is -3.76. The first-order chi connectivity index (χ1) is 8.04. The molecular formula is C12H14Cl2O3S. The highest BCUT2D eigenvalue weighted by atomic mass is 35.5. The van der Waals surface area contributed by atoms with Crippen LogP contribution >= 0.6 is 23.2 Å². The van der Waals surface area contributed by atoms with E-state index in [1.807, 2.05) is 0 Å². The number of Topliss-reactive ketones (excluding diaryl/α,β-unsaturated/α-hetero) is 1. The Bertz CT molecular complexity index is 571. The summed E-state index contributed by atoms with van der Waals surface area (Å²) in [6, 6.07) is 4.15. The van der Waals surface area contributed by atoms with Crippen LogP contribution in [0.5, 0.6) is 0 Å². The number of benzene rings is 1. The Labute approximate surface area is 117 Å². The topological polar surface area (TPSA) is 51.2 Å². The van der Waals surface area contributed by atoms with E-state index in [1.165, 1.54) is 18.2 Å². The molecule has 18 heavy (non-hydrogen) atoms. The van der Waals surface area contributed by atoms with E-state index in [4.69, 9.17) is 23.2 Å². The lowest BCUT2D eigenvalue weighted by Crippen LogP contribution is -2.28. The predicted octanol–water partition coefficient (Wildman–Crippen LogP) is 3.38. The summed E-state index contributed by atoms with van der Waals surface area (Å²) < 4.78 is 24.2. The van der Waals surface area contributed by atoms with Crippen molar-refractivity contribution in [3.8, 4) is 0 Å². The van der Waals surface area contributed by atoms with Crippen molar-refractivity contribution in [3.05, 3.63) is 28.2 Å². The van der Waals surface area contributed by atoms with Gasteiger partial charge in [-0.1, -0.05) is 44.0 Å². The van der Waals surface area contributed by atoms with Crippen molar-refractivity contribution in [2.75, 3.05) is 5.75 Å². The van der Waals surface area contributed by atoms with Crippen molar-refractivity contribution in [2.24, 2.45) is 5.41 Å². The van der Waals surface area contributed by atoms with Crippen LogP contribution in [0.2, 0.25) is 10.0 Å². The van der Waals surface area contributed by atoms with E-state index in [9.17, 15) is 13.2 Å². The standard InChI is InChI=1S/C12H14Cl2O3S/c1-12(2,3)11(15)7-18(16,17)10-6-8(13)4-5-9(10)14/h4-6H,7H2,1-3H3. The summed E-state index contributed by atoms with van der Waals surface area (Å²) in [4.78, 5) is 11.7. The maximum Gasteiger partial charge on any atom is 0.187 e. The summed E-state index contributed by atoms with van der Waals surface area (Å²) in [5.41, 5.74) is -0.710. The van der Waals surface area contributed by atoms with Crippen LogP contribution in [-0.2, 0) is 14.6 Å². The zero-order valence-corrected chi connectivity index (χ0v) is 12.7. The number of sulfone groups is 1. The summed E-state index contributed by atoms with van der Waals surface area (Å²) in [5, 5.41) is 0.335. The Morgan fingerprint density at radius 2 is 1.78 bits per heavy atom. The lowest BCUT2D eigenvalue weighted by Gasteiger charge is -2.16. The van der Waals surface area contributed by atoms with Crippen LogP contribution in [0.1, 0.15) is 20.8 Å². The van der Waals surface area contributed by atoms with Crippen LogP contribution in [0.3, 0.4) is 0 Å². The van der Waals surface area contributed by atoms with E-state index < -0.39 is 21.0 Å². The van der Waals surface area contributed by atoms with Gasteiger partial charge in [0.15, 0.2) is 15.6 Å². The van der Waals surface area contributed by atoms with Gasteiger partial charge in [-0.15, -0.1) is 0 Å². The molecule has 0 saturated carbocycles. The molecule has 0 saturated heterocycles. The third-order valence-electron chi connectivity index (χ3n) is 2.39. The molecule has 0 radical (unpaired) electrons. The zero-order chi connectivity index (χ0) is 14.1. The molecule has 0 unspecified atom stereocenters. The Morgan fingerprint density at radius 3 is 2.28 bits per heavy atom. The minimum absolute atomic E-state index is 0.0705. The molecule has 0 aliphatic rings. The van der Waals surface area contributed by atoms with Gasteiger partial charge in [-0.2, -0.15) is 0 Å². The number of hydrogen-bond donors (Lipinski definition) is 0. The molecule has 0 aliphatic carbocycles. The predicted molar refractivity (Wildman–Crippen MR) is 73.0 cm³/mol. The molecule has 0 heterocycles. The summed E-state index contributed by atoms with van der Waals surface area (Å²) >= 11 is 11.6. The maximum atomic E-state index is 12.1. The Balaban J connectivity index is 3.16. The van der Waals surface area contributed by atoms with E-state index in [2.05, 4.69) is 0 Å². The second kappa shape index (κ2) is 5.19. The molecule has 0 fully saturated rings. The fourth-order valence-corrected chi connectivity index (χ4v) is 3.49. The average Bonchev–Trinajstić information content (AvgIpc) is 2.19. The molecule has 3 nitrogen and oxygen atoms in total. The molecule has 1 aromatic rings. The highest BCUT2D eigenvalue weighted by Crippen LogP contribution is 2.27. The van der Waals surface area contributed by atoms with E-state index in [1.54, 1.807) is 20.8 Å². The highest BCUT2D eigenvalue weighted by molar-refractivity contribution is 7.92. The van der Waals surface area contributed by atoms with Crippen molar-refractivity contribution in [1.29, 1.82) is 0 Å². The summed E-state index contributed by atoms with van der Waals surface area (Å²) in [5.74, 6) is -0.935. The molecule has 0 spiro atoms. The van der Waals surface area contributed by atoms with E-state index in [0.717, 1.165) is 0 Å². The molecule has 6 heteroatoms. The SMILES string of the molecule is CC(C)(C)C(=O)CS(=O)(=O)c1cc(Cl)ccc1Cl. The molecule has 0 atom stereocenters. The quantitative estimate of drug-likeness (QED) is 0.860. The van der Waals surface area contributed by atoms with Gasteiger partial charge in [0, 0.05) is 10.4 Å². The van der Waals surface area contributed by atoms with Crippen LogP contribution in [0.4, 0.5) is 0 Å². The third-order valence-corrected chi connectivity index (χ3v) is 4.71. The highest BCUT2D eigenvalue weighted by Gasteiger charge is 2.29. The van der Waals surface area contributed by atoms with Gasteiger partial charge in [0.1, 0.15) is 5.75 Å². The van der Waals surface area contributed by atoms with Gasteiger partial charge in [0.25, 0.3) is 0 Å². The van der Waals surface area contributed by atoms with Crippen molar-refractivity contribution in [3.63, 3.8) is 0 Å². The van der Waals surface area contributed by atoms with Crippen molar-refractivity contribution in [2.45, 2.75) is 25.7 Å². The van der Waals surface area contributed by atoms with Gasteiger partial charge in [0.2, 0.25) is 0 Å². The number of halogens is 2. The lowest BCUT2D eigenvalue weighted by molar-refractivity contribution is -0.123. The maximum absolute atomic E-state index is 12.1. The number of rotatable bonds is 3. The van der Waals surface area contributed by atoms with Gasteiger partial charge >= 0.3 is 0 Å². The van der Waals surface area contributed by atoms with Gasteiger partial charge in [-0.3, -0.25) is 4.79 Å². The fraction of sp³-hybridized carbons (Fsp3) is 0.417. The fourth-order valence-electron chi connectivity index (χ4n) is 1.18. The Morgan fingerprint density at radius 1 is 1.22 bits per heavy atom. The second-order valence-corrected chi connectivity index (χ2v) is 7.81. The van der Waals surface area contributed by atoms with Crippen molar-refractivity contribution < 1.29 is 13.2 Å². The number of carbonyl (C=O) groups excluding carboxylic acids is 1. The van der Waals surface area contributed by atoms with Gasteiger partial charge < -0.3 is 0 Å². The molecule has 1 rings (SSSR count). The Hall–Kier alpha value is -0.580. The van der Waals surface area contributed by atoms with E-state index >= 15 is 0 Å². The summed E-state index contributed by atoms with van der Waals surface area (Å²) in [6.07, 6.45) is 0. The summed E-state index contributed by atoms with van der Waals surface area (Å²) in [6.45, 7) is 5.01. The first-order valence-corrected chi connectivity index (χ1v) is 7.66. The van der Waals surface area contributed by atoms with Crippen LogP contribution in [-0.4, -0.2) is 20.0 Å². The van der Waals surface area contributed by atoms with Crippen LogP contribution in [0, 0.1) is 5.41 Å². The van der Waals surface area contributed by atoms with Gasteiger partial charge in [-0.25, -0.2) is 8.42 Å². The molecule has 0 aliphatic heterocycles. The average molecular weight is 309 g/mol. The number of carbonyl (C=O) groups is 1. The molecule has 0 amide bonds. The second-order valence-electron chi connectivity index (χ2n) is 5.01. The molecular weight excluding hydrogens is 295 g/mol. The first kappa shape index (κ1) is 15.5. The van der Waals surface area contributed by atoms with Crippen LogP contribution < -0.4 is 0 Å². The molecule has 0 bridgehead atoms. The minimum Gasteiger partial charge on any atom is -0.298 e. The number of ketones is 1. The van der Waals surface area contributed by atoms with E-state index in [0.29, 0.717) is 0 Å². The largest absolute Gasteiger partial charge is 0.298 e.